The summed E-state index contributed by atoms with van der Waals surface area (Å²) in [6.07, 6.45) is 5.85. The number of carbonyl (C=O) groups excluding carboxylic acids is 1. The van der Waals surface area contributed by atoms with Crippen molar-refractivity contribution < 1.29 is 9.53 Å². The molecule has 2 aromatic carbocycles. The van der Waals surface area contributed by atoms with Crippen molar-refractivity contribution >= 4 is 11.6 Å². The van der Waals surface area contributed by atoms with Crippen molar-refractivity contribution in [3.63, 3.8) is 0 Å². The predicted octanol–water partition coefficient (Wildman–Crippen LogP) is 5.46. The minimum absolute atomic E-state index is 0.0414. The fourth-order valence-corrected chi connectivity index (χ4v) is 4.41. The number of ether oxygens (including phenoxy) is 1. The number of aromatic nitrogens is 3. The molecule has 6 nitrogen and oxygen atoms in total. The van der Waals surface area contributed by atoms with E-state index in [1.165, 1.54) is 0 Å². The number of benzene rings is 2. The van der Waals surface area contributed by atoms with Crippen LogP contribution in [0.1, 0.15) is 40.4 Å². The molecule has 1 atom stereocenters. The van der Waals surface area contributed by atoms with Crippen LogP contribution >= 0.6 is 0 Å². The van der Waals surface area contributed by atoms with E-state index in [1.54, 1.807) is 6.20 Å². The van der Waals surface area contributed by atoms with Crippen molar-refractivity contribution in [1.29, 1.82) is 0 Å². The highest BCUT2D eigenvalue weighted by molar-refractivity contribution is 5.77. The van der Waals surface area contributed by atoms with Crippen LogP contribution < -0.4 is 10.1 Å². The molecule has 0 aliphatic rings. The summed E-state index contributed by atoms with van der Waals surface area (Å²) < 4.78 is 8.16. The summed E-state index contributed by atoms with van der Waals surface area (Å²) in [4.78, 5) is 22.1. The van der Waals surface area contributed by atoms with E-state index in [2.05, 4.69) is 29.4 Å². The van der Waals surface area contributed by atoms with Gasteiger partial charge in [0.1, 0.15) is 6.61 Å². The summed E-state index contributed by atoms with van der Waals surface area (Å²) in [6.45, 7) is 2.93. The maximum atomic E-state index is 13.1. The van der Waals surface area contributed by atoms with Gasteiger partial charge in [-0.1, -0.05) is 60.7 Å². The summed E-state index contributed by atoms with van der Waals surface area (Å²) in [6, 6.07) is 27.8. The lowest BCUT2D eigenvalue weighted by atomic mass is 9.89. The van der Waals surface area contributed by atoms with Crippen molar-refractivity contribution in [3.05, 3.63) is 132 Å². The zero-order valence-electron chi connectivity index (χ0n) is 20.2. The number of carbonyl (C=O) groups is 1. The third kappa shape index (κ3) is 5.28. The van der Waals surface area contributed by atoms with Crippen LogP contribution in [-0.2, 0) is 17.9 Å². The van der Waals surface area contributed by atoms with E-state index in [-0.39, 0.29) is 11.8 Å². The number of aryl methyl sites for hydroxylation is 1. The predicted molar refractivity (Wildman–Crippen MR) is 140 cm³/mol. The van der Waals surface area contributed by atoms with E-state index in [0.717, 1.165) is 33.7 Å². The molecule has 0 saturated carbocycles. The van der Waals surface area contributed by atoms with Gasteiger partial charge in [-0.2, -0.15) is 0 Å². The van der Waals surface area contributed by atoms with Crippen LogP contribution in [-0.4, -0.2) is 20.3 Å². The van der Waals surface area contributed by atoms with Crippen LogP contribution in [0.15, 0.2) is 104 Å². The summed E-state index contributed by atoms with van der Waals surface area (Å²) in [5, 5.41) is 3.02. The first-order valence-electron chi connectivity index (χ1n) is 12.0. The smallest absolute Gasteiger partial charge is 0.221 e. The van der Waals surface area contributed by atoms with Gasteiger partial charge in [0.05, 0.1) is 17.9 Å². The Bertz CT molecular complexity index is 1450. The van der Waals surface area contributed by atoms with Crippen LogP contribution in [0.3, 0.4) is 0 Å². The number of nitrogens with zero attached hydrogens (tertiary/aromatic N) is 3. The minimum Gasteiger partial charge on any atom is -0.485 e. The lowest BCUT2D eigenvalue weighted by Gasteiger charge is -2.19. The van der Waals surface area contributed by atoms with Gasteiger partial charge >= 0.3 is 0 Å². The monoisotopic (exact) mass is 476 g/mol. The first-order chi connectivity index (χ1) is 17.7. The Hall–Kier alpha value is -4.45. The number of hydrogen-bond donors (Lipinski definition) is 1. The van der Waals surface area contributed by atoms with Gasteiger partial charge < -0.3 is 14.5 Å². The minimum atomic E-state index is -0.172. The van der Waals surface area contributed by atoms with Crippen LogP contribution in [0.5, 0.6) is 5.75 Å². The second-order valence-electron chi connectivity index (χ2n) is 8.73. The lowest BCUT2D eigenvalue weighted by Crippen LogP contribution is -2.26. The molecule has 180 valence electrons. The third-order valence-corrected chi connectivity index (χ3v) is 6.27. The number of nitrogens with one attached hydrogen (secondary N) is 1. The standard InChI is InChI=1S/C30H28N4O2/c1-22-10-5-6-14-25(22)26(18-29(35)32-19-24-13-7-8-16-31-24)27-20-33-30-28(15-9-17-34(27)30)36-21-23-11-3-2-4-12-23/h2-17,20,26H,18-19,21H2,1H3,(H,32,35). The molecule has 6 heteroatoms. The van der Waals surface area contributed by atoms with Crippen molar-refractivity contribution in [2.75, 3.05) is 0 Å². The summed E-state index contributed by atoms with van der Waals surface area (Å²) in [5.41, 5.74) is 5.82. The molecule has 5 aromatic rings. The molecule has 0 saturated heterocycles. The van der Waals surface area contributed by atoms with Gasteiger partial charge in [-0.3, -0.25) is 9.78 Å². The molecule has 0 aliphatic heterocycles. The first-order valence-corrected chi connectivity index (χ1v) is 12.0. The number of amides is 1. The SMILES string of the molecule is Cc1ccccc1C(CC(=O)NCc1ccccn1)c1cnc2c(OCc3ccccc3)cccn12. The molecule has 1 amide bonds. The fourth-order valence-electron chi connectivity index (χ4n) is 4.41. The Morgan fingerprint density at radius 2 is 1.75 bits per heavy atom. The van der Waals surface area contributed by atoms with E-state index in [1.807, 2.05) is 89.6 Å². The Morgan fingerprint density at radius 1 is 0.944 bits per heavy atom. The van der Waals surface area contributed by atoms with E-state index in [4.69, 9.17) is 9.72 Å². The van der Waals surface area contributed by atoms with Gasteiger partial charge in [0.15, 0.2) is 11.4 Å². The molecule has 36 heavy (non-hydrogen) atoms. The zero-order chi connectivity index (χ0) is 24.7. The highest BCUT2D eigenvalue weighted by Gasteiger charge is 2.24. The highest BCUT2D eigenvalue weighted by atomic mass is 16.5. The number of pyridine rings is 2. The van der Waals surface area contributed by atoms with Crippen molar-refractivity contribution in [3.8, 4) is 5.75 Å². The zero-order valence-corrected chi connectivity index (χ0v) is 20.2. The molecular weight excluding hydrogens is 448 g/mol. The van der Waals surface area contributed by atoms with Crippen LogP contribution in [0.4, 0.5) is 0 Å². The third-order valence-electron chi connectivity index (χ3n) is 6.27. The summed E-state index contributed by atoms with van der Waals surface area (Å²) >= 11 is 0. The molecular formula is C30H28N4O2. The normalized spacial score (nSPS) is 11.8. The van der Waals surface area contributed by atoms with Gasteiger partial charge in [0.25, 0.3) is 0 Å². The number of hydrogen-bond acceptors (Lipinski definition) is 4. The maximum absolute atomic E-state index is 13.1. The van der Waals surface area contributed by atoms with Crippen molar-refractivity contribution in [2.24, 2.45) is 0 Å². The van der Waals surface area contributed by atoms with Crippen LogP contribution in [0.2, 0.25) is 0 Å². The molecule has 0 aliphatic carbocycles. The molecule has 0 spiro atoms. The van der Waals surface area contributed by atoms with E-state index >= 15 is 0 Å². The van der Waals surface area contributed by atoms with Gasteiger partial charge in [0.2, 0.25) is 5.91 Å². The fraction of sp³-hybridized carbons (Fsp3) is 0.167. The van der Waals surface area contributed by atoms with Gasteiger partial charge in [-0.25, -0.2) is 4.98 Å². The lowest BCUT2D eigenvalue weighted by molar-refractivity contribution is -0.121. The Kier molecular flexibility index (Phi) is 7.03. The second kappa shape index (κ2) is 10.9. The molecule has 0 bridgehead atoms. The van der Waals surface area contributed by atoms with Crippen LogP contribution in [0.25, 0.3) is 5.65 Å². The average molecular weight is 477 g/mol. The maximum Gasteiger partial charge on any atom is 0.221 e. The van der Waals surface area contributed by atoms with E-state index in [0.29, 0.717) is 25.3 Å². The number of rotatable bonds is 9. The first kappa shape index (κ1) is 23.3. The van der Waals surface area contributed by atoms with Gasteiger partial charge in [-0.15, -0.1) is 0 Å². The number of fused-ring (bicyclic) bond motifs is 1. The van der Waals surface area contributed by atoms with E-state index < -0.39 is 0 Å². The molecule has 0 fully saturated rings. The molecule has 0 radical (unpaired) electrons. The Balaban J connectivity index is 1.43. The molecule has 1 N–H and O–H groups in total. The van der Waals surface area contributed by atoms with Gasteiger partial charge in [-0.05, 0) is 47.9 Å². The van der Waals surface area contributed by atoms with Gasteiger partial charge in [0, 0.05) is 30.9 Å². The summed E-state index contributed by atoms with van der Waals surface area (Å²) in [5.74, 6) is 0.491. The molecule has 5 rings (SSSR count). The molecule has 1 unspecified atom stereocenters. The average Bonchev–Trinajstić information content (AvgIpc) is 3.36. The summed E-state index contributed by atoms with van der Waals surface area (Å²) in [7, 11) is 0. The highest BCUT2D eigenvalue weighted by Crippen LogP contribution is 2.32. The number of imidazole rings is 1. The van der Waals surface area contributed by atoms with Crippen LogP contribution in [0, 0.1) is 6.92 Å². The van der Waals surface area contributed by atoms with Crippen molar-refractivity contribution in [1.82, 2.24) is 19.7 Å². The molecule has 3 aromatic heterocycles. The Morgan fingerprint density at radius 3 is 2.56 bits per heavy atom. The second-order valence-corrected chi connectivity index (χ2v) is 8.73. The Labute approximate surface area is 210 Å². The largest absolute Gasteiger partial charge is 0.485 e. The topological polar surface area (TPSA) is 68.5 Å². The van der Waals surface area contributed by atoms with E-state index in [9.17, 15) is 4.79 Å². The van der Waals surface area contributed by atoms with Crippen molar-refractivity contribution in [2.45, 2.75) is 32.4 Å². The quantitative estimate of drug-likeness (QED) is 0.307. The molecule has 3 heterocycles.